The first-order valence-corrected chi connectivity index (χ1v) is 8.23. The van der Waals surface area contributed by atoms with Gasteiger partial charge in [0.25, 0.3) is 5.91 Å². The van der Waals surface area contributed by atoms with Crippen LogP contribution in [0, 0.1) is 0 Å². The zero-order chi connectivity index (χ0) is 16.7. The number of halogens is 1. The SMILES string of the molecule is COc1ccc(NC(=O)c2ccc3c4c(cccc24)CC3)cc1Cl. The van der Waals surface area contributed by atoms with Gasteiger partial charge in [0.1, 0.15) is 5.75 Å². The maximum Gasteiger partial charge on any atom is 0.256 e. The molecule has 0 spiro atoms. The van der Waals surface area contributed by atoms with Gasteiger partial charge in [-0.1, -0.05) is 35.9 Å². The van der Waals surface area contributed by atoms with Gasteiger partial charge in [0, 0.05) is 11.3 Å². The third-order valence-corrected chi connectivity index (χ3v) is 4.83. The summed E-state index contributed by atoms with van der Waals surface area (Å²) in [7, 11) is 1.56. The van der Waals surface area contributed by atoms with Crippen LogP contribution in [0.3, 0.4) is 0 Å². The third kappa shape index (κ3) is 2.42. The number of hydrogen-bond acceptors (Lipinski definition) is 2. The molecule has 4 heteroatoms. The van der Waals surface area contributed by atoms with Gasteiger partial charge < -0.3 is 10.1 Å². The minimum absolute atomic E-state index is 0.133. The molecule has 1 aliphatic carbocycles. The molecule has 1 amide bonds. The summed E-state index contributed by atoms with van der Waals surface area (Å²) >= 11 is 6.13. The predicted molar refractivity (Wildman–Crippen MR) is 97.3 cm³/mol. The van der Waals surface area contributed by atoms with Crippen molar-refractivity contribution in [1.82, 2.24) is 0 Å². The lowest BCUT2D eigenvalue weighted by atomic mass is 9.99. The van der Waals surface area contributed by atoms with Gasteiger partial charge in [-0.25, -0.2) is 0 Å². The molecule has 0 heterocycles. The van der Waals surface area contributed by atoms with E-state index in [1.165, 1.54) is 16.5 Å². The van der Waals surface area contributed by atoms with Crippen LogP contribution in [0.2, 0.25) is 5.02 Å². The molecule has 0 atom stereocenters. The first-order chi connectivity index (χ1) is 11.7. The van der Waals surface area contributed by atoms with Crippen molar-refractivity contribution in [2.24, 2.45) is 0 Å². The number of aryl methyl sites for hydroxylation is 2. The molecule has 0 radical (unpaired) electrons. The van der Waals surface area contributed by atoms with Crippen molar-refractivity contribution >= 4 is 34.0 Å². The molecule has 0 aromatic heterocycles. The first-order valence-electron chi connectivity index (χ1n) is 7.86. The highest BCUT2D eigenvalue weighted by Gasteiger charge is 2.18. The Morgan fingerprint density at radius 2 is 1.88 bits per heavy atom. The topological polar surface area (TPSA) is 38.3 Å². The van der Waals surface area contributed by atoms with Gasteiger partial charge in [-0.05, 0) is 59.0 Å². The number of carbonyl (C=O) groups is 1. The molecule has 3 aromatic carbocycles. The van der Waals surface area contributed by atoms with E-state index in [9.17, 15) is 4.79 Å². The molecule has 4 rings (SSSR count). The van der Waals surface area contributed by atoms with Gasteiger partial charge in [-0.15, -0.1) is 0 Å². The molecule has 3 nitrogen and oxygen atoms in total. The molecule has 0 unspecified atom stereocenters. The van der Waals surface area contributed by atoms with E-state index in [1.807, 2.05) is 18.2 Å². The zero-order valence-corrected chi connectivity index (χ0v) is 14.0. The summed E-state index contributed by atoms with van der Waals surface area (Å²) in [6.07, 6.45) is 2.09. The zero-order valence-electron chi connectivity index (χ0n) is 13.2. The Bertz CT molecular complexity index is 955. The maximum atomic E-state index is 12.8. The number of benzene rings is 3. The molecular formula is C20H16ClNO2. The standard InChI is InChI=1S/C20H16ClNO2/c1-24-18-10-8-14(11-17(18)21)22-20(23)16-9-7-13-6-5-12-3-2-4-15(16)19(12)13/h2-4,7-11H,5-6H2,1H3,(H,22,23). The molecule has 0 aliphatic heterocycles. The van der Waals surface area contributed by atoms with Gasteiger partial charge in [-0.2, -0.15) is 0 Å². The van der Waals surface area contributed by atoms with E-state index in [0.717, 1.165) is 18.2 Å². The number of nitrogens with one attached hydrogen (secondary N) is 1. The molecule has 0 saturated carbocycles. The van der Waals surface area contributed by atoms with Crippen molar-refractivity contribution in [1.29, 1.82) is 0 Å². The van der Waals surface area contributed by atoms with E-state index in [1.54, 1.807) is 25.3 Å². The molecule has 0 saturated heterocycles. The fraction of sp³-hybridized carbons (Fsp3) is 0.150. The van der Waals surface area contributed by atoms with Crippen molar-refractivity contribution in [2.75, 3.05) is 12.4 Å². The second-order valence-corrected chi connectivity index (χ2v) is 6.32. The molecule has 1 aliphatic rings. The van der Waals surface area contributed by atoms with Gasteiger partial charge in [-0.3, -0.25) is 4.79 Å². The summed E-state index contributed by atoms with van der Waals surface area (Å²) in [5.41, 5.74) is 3.98. The van der Waals surface area contributed by atoms with Crippen LogP contribution in [0.4, 0.5) is 5.69 Å². The van der Waals surface area contributed by atoms with Gasteiger partial charge in [0.05, 0.1) is 12.1 Å². The van der Waals surface area contributed by atoms with Crippen LogP contribution in [-0.2, 0) is 12.8 Å². The van der Waals surface area contributed by atoms with E-state index >= 15 is 0 Å². The number of rotatable bonds is 3. The Kier molecular flexibility index (Phi) is 3.66. The van der Waals surface area contributed by atoms with E-state index < -0.39 is 0 Å². The number of hydrogen-bond donors (Lipinski definition) is 1. The van der Waals surface area contributed by atoms with Crippen molar-refractivity contribution < 1.29 is 9.53 Å². The van der Waals surface area contributed by atoms with Crippen LogP contribution < -0.4 is 10.1 Å². The number of methoxy groups -OCH3 is 1. The second kappa shape index (κ2) is 5.84. The summed E-state index contributed by atoms with van der Waals surface area (Å²) in [5.74, 6) is 0.451. The van der Waals surface area contributed by atoms with Crippen LogP contribution in [0.15, 0.2) is 48.5 Å². The largest absolute Gasteiger partial charge is 0.495 e. The summed E-state index contributed by atoms with van der Waals surface area (Å²) < 4.78 is 5.14. The Hall–Kier alpha value is -2.52. The van der Waals surface area contributed by atoms with Crippen LogP contribution in [0.5, 0.6) is 5.75 Å². The van der Waals surface area contributed by atoms with Crippen molar-refractivity contribution in [3.05, 3.63) is 70.2 Å². The normalized spacial score (nSPS) is 12.4. The summed E-state index contributed by atoms with van der Waals surface area (Å²) in [5, 5.41) is 5.64. The first kappa shape index (κ1) is 15.0. The third-order valence-electron chi connectivity index (χ3n) is 4.53. The highest BCUT2D eigenvalue weighted by atomic mass is 35.5. The Morgan fingerprint density at radius 1 is 1.08 bits per heavy atom. The lowest BCUT2D eigenvalue weighted by Crippen LogP contribution is -2.12. The Labute approximate surface area is 145 Å². The molecule has 3 aromatic rings. The van der Waals surface area contributed by atoms with E-state index in [4.69, 9.17) is 16.3 Å². The van der Waals surface area contributed by atoms with Crippen molar-refractivity contribution in [2.45, 2.75) is 12.8 Å². The number of ether oxygens (including phenoxy) is 1. The number of amides is 1. The monoisotopic (exact) mass is 337 g/mol. The van der Waals surface area contributed by atoms with E-state index in [-0.39, 0.29) is 5.91 Å². The molecular weight excluding hydrogens is 322 g/mol. The van der Waals surface area contributed by atoms with Gasteiger partial charge in [0.15, 0.2) is 0 Å². The van der Waals surface area contributed by atoms with Crippen LogP contribution in [-0.4, -0.2) is 13.0 Å². The second-order valence-electron chi connectivity index (χ2n) is 5.92. The number of carbonyl (C=O) groups excluding carboxylic acids is 1. The maximum absolute atomic E-state index is 12.8. The van der Waals surface area contributed by atoms with Crippen molar-refractivity contribution in [3.8, 4) is 5.75 Å². The number of anilines is 1. The molecule has 24 heavy (non-hydrogen) atoms. The fourth-order valence-electron chi connectivity index (χ4n) is 3.39. The summed E-state index contributed by atoms with van der Waals surface area (Å²) in [6.45, 7) is 0. The Balaban J connectivity index is 1.71. The Morgan fingerprint density at radius 3 is 2.62 bits per heavy atom. The molecule has 1 N–H and O–H groups in total. The van der Waals surface area contributed by atoms with Crippen molar-refractivity contribution in [3.63, 3.8) is 0 Å². The van der Waals surface area contributed by atoms with E-state index in [0.29, 0.717) is 22.0 Å². The molecule has 0 bridgehead atoms. The average Bonchev–Trinajstić information content (AvgIpc) is 3.00. The molecule has 0 fully saturated rings. The summed E-state index contributed by atoms with van der Waals surface area (Å²) in [4.78, 5) is 12.8. The summed E-state index contributed by atoms with van der Waals surface area (Å²) in [6, 6.07) is 15.4. The minimum atomic E-state index is -0.133. The van der Waals surface area contributed by atoms with Gasteiger partial charge >= 0.3 is 0 Å². The van der Waals surface area contributed by atoms with Gasteiger partial charge in [0.2, 0.25) is 0 Å². The van der Waals surface area contributed by atoms with Crippen LogP contribution in [0.25, 0.3) is 10.8 Å². The quantitative estimate of drug-likeness (QED) is 0.741. The highest BCUT2D eigenvalue weighted by Crippen LogP contribution is 2.33. The van der Waals surface area contributed by atoms with E-state index in [2.05, 4.69) is 17.4 Å². The minimum Gasteiger partial charge on any atom is -0.495 e. The van der Waals surface area contributed by atoms with Crippen LogP contribution in [0.1, 0.15) is 21.5 Å². The fourth-order valence-corrected chi connectivity index (χ4v) is 3.65. The molecule has 120 valence electrons. The van der Waals surface area contributed by atoms with Crippen LogP contribution >= 0.6 is 11.6 Å². The predicted octanol–water partition coefficient (Wildman–Crippen LogP) is 4.85. The smallest absolute Gasteiger partial charge is 0.256 e. The highest BCUT2D eigenvalue weighted by molar-refractivity contribution is 6.32. The lowest BCUT2D eigenvalue weighted by molar-refractivity contribution is 0.102. The average molecular weight is 338 g/mol. The lowest BCUT2D eigenvalue weighted by Gasteiger charge is -2.11.